The molecule has 2 rings (SSSR count). The van der Waals surface area contributed by atoms with Crippen LogP contribution in [-0.4, -0.2) is 5.11 Å². The molecule has 1 atom stereocenters. The standard InChI is InChI=1S/C14H11F3O2/c1-8(18)9-2-5-13(12(17)6-9)19-14-7-10(15)3-4-11(14)16/h2-8,18H,1H3/t8-/m1/s1. The lowest BCUT2D eigenvalue weighted by Gasteiger charge is -2.10. The Morgan fingerprint density at radius 1 is 0.947 bits per heavy atom. The molecular weight excluding hydrogens is 257 g/mol. The molecule has 0 spiro atoms. The van der Waals surface area contributed by atoms with Crippen molar-refractivity contribution in [2.24, 2.45) is 0 Å². The van der Waals surface area contributed by atoms with Crippen molar-refractivity contribution in [2.75, 3.05) is 0 Å². The van der Waals surface area contributed by atoms with Crippen molar-refractivity contribution in [1.29, 1.82) is 0 Å². The molecule has 0 saturated carbocycles. The van der Waals surface area contributed by atoms with Gasteiger partial charge in [0.15, 0.2) is 23.1 Å². The number of halogens is 3. The number of ether oxygens (including phenoxy) is 1. The Hall–Kier alpha value is -2.01. The van der Waals surface area contributed by atoms with Gasteiger partial charge in [-0.05, 0) is 36.8 Å². The van der Waals surface area contributed by atoms with Crippen molar-refractivity contribution in [1.82, 2.24) is 0 Å². The number of rotatable bonds is 3. The van der Waals surface area contributed by atoms with Gasteiger partial charge in [0, 0.05) is 6.07 Å². The van der Waals surface area contributed by atoms with Crippen LogP contribution >= 0.6 is 0 Å². The summed E-state index contributed by atoms with van der Waals surface area (Å²) in [5.74, 6) is -2.88. The van der Waals surface area contributed by atoms with Gasteiger partial charge in [-0.2, -0.15) is 0 Å². The predicted octanol–water partition coefficient (Wildman–Crippen LogP) is 3.95. The predicted molar refractivity (Wildman–Crippen MR) is 63.5 cm³/mol. The second-order valence-corrected chi connectivity index (χ2v) is 4.04. The van der Waals surface area contributed by atoms with Gasteiger partial charge in [-0.1, -0.05) is 6.07 Å². The first kappa shape index (κ1) is 13.4. The summed E-state index contributed by atoms with van der Waals surface area (Å²) in [5, 5.41) is 9.29. The van der Waals surface area contributed by atoms with Crippen LogP contribution in [-0.2, 0) is 0 Å². The van der Waals surface area contributed by atoms with E-state index in [9.17, 15) is 18.3 Å². The van der Waals surface area contributed by atoms with Gasteiger partial charge >= 0.3 is 0 Å². The summed E-state index contributed by atoms with van der Waals surface area (Å²) in [6, 6.07) is 6.44. The second-order valence-electron chi connectivity index (χ2n) is 4.04. The fourth-order valence-electron chi connectivity index (χ4n) is 1.53. The number of benzene rings is 2. The van der Waals surface area contributed by atoms with Crippen LogP contribution in [0.15, 0.2) is 36.4 Å². The number of aliphatic hydroxyl groups is 1. The highest BCUT2D eigenvalue weighted by atomic mass is 19.1. The zero-order valence-corrected chi connectivity index (χ0v) is 10.0. The third kappa shape index (κ3) is 3.06. The molecule has 0 aliphatic carbocycles. The van der Waals surface area contributed by atoms with Crippen molar-refractivity contribution in [3.63, 3.8) is 0 Å². The first-order valence-electron chi connectivity index (χ1n) is 5.58. The molecule has 1 N–H and O–H groups in total. The highest BCUT2D eigenvalue weighted by Crippen LogP contribution is 2.29. The van der Waals surface area contributed by atoms with Crippen LogP contribution in [0.3, 0.4) is 0 Å². The summed E-state index contributed by atoms with van der Waals surface area (Å²) >= 11 is 0. The Kier molecular flexibility index (Phi) is 3.76. The van der Waals surface area contributed by atoms with E-state index >= 15 is 0 Å². The lowest BCUT2D eigenvalue weighted by Crippen LogP contribution is -1.96. The van der Waals surface area contributed by atoms with E-state index in [1.165, 1.54) is 19.1 Å². The minimum atomic E-state index is -0.825. The van der Waals surface area contributed by atoms with E-state index in [1.54, 1.807) is 0 Å². The van der Waals surface area contributed by atoms with Gasteiger partial charge in [-0.3, -0.25) is 0 Å². The Morgan fingerprint density at radius 3 is 2.32 bits per heavy atom. The van der Waals surface area contributed by atoms with E-state index in [2.05, 4.69) is 0 Å². The van der Waals surface area contributed by atoms with Crippen LogP contribution in [0.2, 0.25) is 0 Å². The Labute approximate surface area is 108 Å². The number of aliphatic hydroxyl groups excluding tert-OH is 1. The Bertz CT molecular complexity index is 597. The summed E-state index contributed by atoms with van der Waals surface area (Å²) in [5.41, 5.74) is 0.365. The fraction of sp³-hybridized carbons (Fsp3) is 0.143. The lowest BCUT2D eigenvalue weighted by atomic mass is 10.1. The van der Waals surface area contributed by atoms with Gasteiger partial charge < -0.3 is 9.84 Å². The molecule has 5 heteroatoms. The minimum absolute atomic E-state index is 0.242. The highest BCUT2D eigenvalue weighted by molar-refractivity contribution is 5.35. The van der Waals surface area contributed by atoms with E-state index in [0.29, 0.717) is 5.56 Å². The summed E-state index contributed by atoms with van der Waals surface area (Å²) in [7, 11) is 0. The van der Waals surface area contributed by atoms with E-state index in [-0.39, 0.29) is 5.75 Å². The normalized spacial score (nSPS) is 12.3. The molecule has 100 valence electrons. The van der Waals surface area contributed by atoms with Gasteiger partial charge in [0.1, 0.15) is 5.82 Å². The van der Waals surface area contributed by atoms with Crippen molar-refractivity contribution in [2.45, 2.75) is 13.0 Å². The van der Waals surface area contributed by atoms with Crippen LogP contribution in [0.1, 0.15) is 18.6 Å². The van der Waals surface area contributed by atoms with Crippen LogP contribution in [0, 0.1) is 17.5 Å². The van der Waals surface area contributed by atoms with Crippen molar-refractivity contribution >= 4 is 0 Å². The quantitative estimate of drug-likeness (QED) is 0.913. The highest BCUT2D eigenvalue weighted by Gasteiger charge is 2.12. The first-order valence-corrected chi connectivity index (χ1v) is 5.58. The smallest absolute Gasteiger partial charge is 0.166 e. The van der Waals surface area contributed by atoms with Crippen molar-refractivity contribution < 1.29 is 23.0 Å². The maximum atomic E-state index is 13.7. The molecule has 0 unspecified atom stereocenters. The van der Waals surface area contributed by atoms with E-state index in [0.717, 1.165) is 24.3 Å². The van der Waals surface area contributed by atoms with Gasteiger partial charge in [0.25, 0.3) is 0 Å². The molecule has 0 aromatic heterocycles. The molecule has 0 aliphatic heterocycles. The van der Waals surface area contributed by atoms with Crippen LogP contribution in [0.25, 0.3) is 0 Å². The van der Waals surface area contributed by atoms with E-state index in [4.69, 9.17) is 4.74 Å². The summed E-state index contributed by atoms with van der Waals surface area (Å²) < 4.78 is 44.9. The van der Waals surface area contributed by atoms with Crippen LogP contribution < -0.4 is 4.74 Å². The molecule has 2 aromatic carbocycles. The monoisotopic (exact) mass is 268 g/mol. The summed E-state index contributed by atoms with van der Waals surface area (Å²) in [4.78, 5) is 0. The molecule has 0 aliphatic rings. The van der Waals surface area contributed by atoms with Crippen molar-refractivity contribution in [3.05, 3.63) is 59.4 Å². The molecule has 0 heterocycles. The molecule has 0 bridgehead atoms. The number of hydrogen-bond acceptors (Lipinski definition) is 2. The average Bonchev–Trinajstić information content (AvgIpc) is 2.36. The molecule has 2 aromatic rings. The maximum Gasteiger partial charge on any atom is 0.166 e. The molecule has 0 saturated heterocycles. The molecule has 0 fully saturated rings. The molecule has 2 nitrogen and oxygen atoms in total. The average molecular weight is 268 g/mol. The minimum Gasteiger partial charge on any atom is -0.451 e. The molecule has 19 heavy (non-hydrogen) atoms. The Morgan fingerprint density at radius 2 is 1.68 bits per heavy atom. The fourth-order valence-corrected chi connectivity index (χ4v) is 1.53. The topological polar surface area (TPSA) is 29.5 Å². The molecule has 0 radical (unpaired) electrons. The van der Waals surface area contributed by atoms with E-state index in [1.807, 2.05) is 0 Å². The summed E-state index contributed by atoms with van der Waals surface area (Å²) in [6.07, 6.45) is -0.825. The van der Waals surface area contributed by atoms with Crippen LogP contribution in [0.4, 0.5) is 13.2 Å². The van der Waals surface area contributed by atoms with Gasteiger partial charge in [0.2, 0.25) is 0 Å². The SMILES string of the molecule is C[C@@H](O)c1ccc(Oc2cc(F)ccc2F)c(F)c1. The van der Waals surface area contributed by atoms with E-state index < -0.39 is 29.3 Å². The largest absolute Gasteiger partial charge is 0.451 e. The van der Waals surface area contributed by atoms with Gasteiger partial charge in [-0.15, -0.1) is 0 Å². The van der Waals surface area contributed by atoms with Crippen molar-refractivity contribution in [3.8, 4) is 11.5 Å². The second kappa shape index (κ2) is 5.32. The molecular formula is C14H11F3O2. The maximum absolute atomic E-state index is 13.7. The zero-order valence-electron chi connectivity index (χ0n) is 10.0. The lowest BCUT2D eigenvalue weighted by molar-refractivity contribution is 0.198. The Balaban J connectivity index is 2.31. The van der Waals surface area contributed by atoms with Gasteiger partial charge in [0.05, 0.1) is 6.10 Å². The molecule has 0 amide bonds. The number of hydrogen-bond donors (Lipinski definition) is 1. The zero-order chi connectivity index (χ0) is 14.0. The summed E-state index contributed by atoms with van der Waals surface area (Å²) in [6.45, 7) is 1.49. The third-order valence-corrected chi connectivity index (χ3v) is 2.55. The van der Waals surface area contributed by atoms with Crippen LogP contribution in [0.5, 0.6) is 11.5 Å². The van der Waals surface area contributed by atoms with Gasteiger partial charge in [-0.25, -0.2) is 13.2 Å². The first-order chi connectivity index (χ1) is 8.97. The third-order valence-electron chi connectivity index (χ3n) is 2.55.